The van der Waals surface area contributed by atoms with E-state index in [1.807, 2.05) is 13.8 Å². The molecule has 0 amide bonds. The average Bonchev–Trinajstić information content (AvgIpc) is 2.66. The first-order valence-electron chi connectivity index (χ1n) is 8.17. The summed E-state index contributed by atoms with van der Waals surface area (Å²) in [7, 11) is 2.92. The van der Waals surface area contributed by atoms with Crippen molar-refractivity contribution >= 4 is 0 Å². The van der Waals surface area contributed by atoms with Crippen LogP contribution in [0.5, 0.6) is 11.5 Å². The summed E-state index contributed by atoms with van der Waals surface area (Å²) < 4.78 is 13.3. The van der Waals surface area contributed by atoms with Gasteiger partial charge in [-0.25, -0.2) is 14.5 Å². The van der Waals surface area contributed by atoms with Crippen molar-refractivity contribution in [3.05, 3.63) is 39.0 Å². The fraction of sp³-hybridized carbons (Fsp3) is 0.353. The number of rotatable bonds is 5. The number of nitrogens with zero attached hydrogens (tertiary/aromatic N) is 5. The third-order valence-electron chi connectivity index (χ3n) is 3.91. The van der Waals surface area contributed by atoms with Crippen LogP contribution in [0.4, 0.5) is 0 Å². The first-order chi connectivity index (χ1) is 12.5. The summed E-state index contributed by atoms with van der Waals surface area (Å²) in [6.45, 7) is 4.67. The molecule has 0 saturated heterocycles. The van der Waals surface area contributed by atoms with Gasteiger partial charge in [0.05, 0.1) is 13.7 Å². The molecule has 26 heavy (non-hydrogen) atoms. The molecule has 0 N–H and O–H groups in total. The lowest BCUT2D eigenvalue weighted by Crippen LogP contribution is -2.37. The Hall–Kier alpha value is -3.23. The molecular formula is C17H19N5O4. The quantitative estimate of drug-likeness (QED) is 0.669. The fourth-order valence-electron chi connectivity index (χ4n) is 2.55. The summed E-state index contributed by atoms with van der Waals surface area (Å²) in [5, 5.41) is 4.41. The second kappa shape index (κ2) is 6.95. The van der Waals surface area contributed by atoms with E-state index in [1.54, 1.807) is 25.3 Å². The highest BCUT2D eigenvalue weighted by atomic mass is 16.5. The van der Waals surface area contributed by atoms with Crippen LogP contribution in [-0.4, -0.2) is 38.0 Å². The van der Waals surface area contributed by atoms with Crippen LogP contribution >= 0.6 is 0 Å². The number of benzene rings is 1. The van der Waals surface area contributed by atoms with Gasteiger partial charge in [-0.2, -0.15) is 10.1 Å². The lowest BCUT2D eigenvalue weighted by Gasteiger charge is -2.14. The minimum atomic E-state index is -0.635. The predicted octanol–water partition coefficient (Wildman–Crippen LogP) is 0.931. The fourth-order valence-corrected chi connectivity index (χ4v) is 2.55. The molecule has 9 heteroatoms. The first-order valence-corrected chi connectivity index (χ1v) is 8.17. The van der Waals surface area contributed by atoms with E-state index in [-0.39, 0.29) is 11.5 Å². The molecule has 0 bridgehead atoms. The van der Waals surface area contributed by atoms with Gasteiger partial charge in [-0.1, -0.05) is 0 Å². The van der Waals surface area contributed by atoms with E-state index in [9.17, 15) is 9.59 Å². The van der Waals surface area contributed by atoms with Crippen LogP contribution in [0.1, 0.15) is 13.8 Å². The largest absolute Gasteiger partial charge is 0.493 e. The summed E-state index contributed by atoms with van der Waals surface area (Å²) in [6.07, 6.45) is 0. The minimum absolute atomic E-state index is 0.0896. The Morgan fingerprint density at radius 3 is 2.54 bits per heavy atom. The van der Waals surface area contributed by atoms with Crippen molar-refractivity contribution in [3.8, 4) is 34.4 Å². The van der Waals surface area contributed by atoms with Crippen LogP contribution in [0.2, 0.25) is 0 Å². The van der Waals surface area contributed by atoms with Gasteiger partial charge in [-0.05, 0) is 32.0 Å². The third-order valence-corrected chi connectivity index (χ3v) is 3.91. The standard InChI is InChI=1S/C17H19N5O4/c1-5-22-15-13(16(23)21(3)17(24)19-15)18-14(20-22)10-7-8-11(26-6-2)12(9-10)25-4/h7-9H,5-6H2,1-4H3. The second-order valence-corrected chi connectivity index (χ2v) is 5.48. The van der Waals surface area contributed by atoms with Gasteiger partial charge in [0.15, 0.2) is 28.8 Å². The summed E-state index contributed by atoms with van der Waals surface area (Å²) in [5.74, 6) is 1.65. The van der Waals surface area contributed by atoms with Crippen LogP contribution in [0.15, 0.2) is 27.8 Å². The molecule has 0 saturated carbocycles. The molecule has 0 aromatic heterocycles. The number of hydrogen-bond donors (Lipinski definition) is 0. The molecule has 0 aliphatic carbocycles. The van der Waals surface area contributed by atoms with Gasteiger partial charge in [0.1, 0.15) is 0 Å². The van der Waals surface area contributed by atoms with Crippen molar-refractivity contribution in [3.63, 3.8) is 0 Å². The Morgan fingerprint density at radius 2 is 1.88 bits per heavy atom. The van der Waals surface area contributed by atoms with Crippen LogP contribution in [0, 0.1) is 0 Å². The van der Waals surface area contributed by atoms with Crippen LogP contribution in [0.3, 0.4) is 0 Å². The first kappa shape index (κ1) is 17.6. The molecule has 0 spiro atoms. The smallest absolute Gasteiger partial charge is 0.352 e. The number of methoxy groups -OCH3 is 1. The Balaban J connectivity index is 2.25. The average molecular weight is 357 g/mol. The molecule has 2 aliphatic rings. The number of fused-ring (bicyclic) bond motifs is 1. The van der Waals surface area contributed by atoms with E-state index in [0.717, 1.165) is 4.57 Å². The van der Waals surface area contributed by atoms with Crippen LogP contribution in [-0.2, 0) is 13.6 Å². The maximum Gasteiger partial charge on any atom is 0.352 e. The van der Waals surface area contributed by atoms with Crippen LogP contribution in [0.25, 0.3) is 22.9 Å². The Labute approximate surface area is 149 Å². The number of aryl methyl sites for hydroxylation is 1. The van der Waals surface area contributed by atoms with Crippen molar-refractivity contribution in [1.82, 2.24) is 24.3 Å². The summed E-state index contributed by atoms with van der Waals surface area (Å²) in [4.78, 5) is 32.5. The molecule has 2 aliphatic heterocycles. The highest BCUT2D eigenvalue weighted by Gasteiger charge is 2.20. The Morgan fingerprint density at radius 1 is 1.12 bits per heavy atom. The lowest BCUT2D eigenvalue weighted by atomic mass is 10.2. The molecule has 0 fully saturated rings. The summed E-state index contributed by atoms with van der Waals surface area (Å²) >= 11 is 0. The second-order valence-electron chi connectivity index (χ2n) is 5.48. The van der Waals surface area contributed by atoms with Gasteiger partial charge in [-0.15, -0.1) is 0 Å². The van der Waals surface area contributed by atoms with E-state index in [0.29, 0.717) is 36.0 Å². The van der Waals surface area contributed by atoms with Crippen molar-refractivity contribution < 1.29 is 9.47 Å². The van der Waals surface area contributed by atoms with E-state index in [4.69, 9.17) is 9.47 Å². The van der Waals surface area contributed by atoms with Gasteiger partial charge in [0.2, 0.25) is 0 Å². The molecule has 9 nitrogen and oxygen atoms in total. The lowest BCUT2D eigenvalue weighted by molar-refractivity contribution is 0.311. The predicted molar refractivity (Wildman–Crippen MR) is 94.8 cm³/mol. The maximum absolute atomic E-state index is 12.4. The van der Waals surface area contributed by atoms with Crippen molar-refractivity contribution in [1.29, 1.82) is 0 Å². The van der Waals surface area contributed by atoms with Crippen molar-refractivity contribution in [2.75, 3.05) is 13.7 Å². The van der Waals surface area contributed by atoms with E-state index >= 15 is 0 Å². The molecule has 0 atom stereocenters. The van der Waals surface area contributed by atoms with Crippen LogP contribution < -0.4 is 20.7 Å². The van der Waals surface area contributed by atoms with E-state index < -0.39 is 11.2 Å². The van der Waals surface area contributed by atoms with Gasteiger partial charge >= 0.3 is 5.69 Å². The molecular weight excluding hydrogens is 338 g/mol. The molecule has 136 valence electrons. The van der Waals surface area contributed by atoms with Gasteiger partial charge < -0.3 is 9.47 Å². The monoisotopic (exact) mass is 357 g/mol. The molecule has 0 radical (unpaired) electrons. The molecule has 1 aromatic carbocycles. The summed E-state index contributed by atoms with van der Waals surface area (Å²) in [5.41, 5.74) is -0.401. The number of hydrogen-bond acceptors (Lipinski definition) is 7. The van der Waals surface area contributed by atoms with Gasteiger partial charge in [0.25, 0.3) is 5.56 Å². The zero-order valence-electron chi connectivity index (χ0n) is 15.0. The van der Waals surface area contributed by atoms with E-state index in [1.165, 1.54) is 11.7 Å². The van der Waals surface area contributed by atoms with Gasteiger partial charge in [0, 0.05) is 19.2 Å². The number of aromatic nitrogens is 5. The highest BCUT2D eigenvalue weighted by molar-refractivity contribution is 5.63. The zero-order valence-corrected chi connectivity index (χ0v) is 15.0. The Bertz CT molecular complexity index is 1040. The molecule has 1 aromatic rings. The minimum Gasteiger partial charge on any atom is -0.493 e. The van der Waals surface area contributed by atoms with Crippen molar-refractivity contribution in [2.24, 2.45) is 7.05 Å². The van der Waals surface area contributed by atoms with Gasteiger partial charge in [-0.3, -0.25) is 9.36 Å². The topological polar surface area (TPSA) is 101 Å². The normalized spacial score (nSPS) is 10.9. The molecule has 2 heterocycles. The highest BCUT2D eigenvalue weighted by Crippen LogP contribution is 2.31. The maximum atomic E-state index is 12.4. The third kappa shape index (κ3) is 2.92. The molecule has 0 unspecified atom stereocenters. The Kier molecular flexibility index (Phi) is 4.70. The molecule has 3 rings (SSSR count). The summed E-state index contributed by atoms with van der Waals surface area (Å²) in [6, 6.07) is 5.29. The van der Waals surface area contributed by atoms with E-state index in [2.05, 4.69) is 15.1 Å². The SMILES string of the molecule is CCOc1ccc(-c2nc3c(=O)n(C)c(=O)nc-3n(CC)n2)cc1OC. The zero-order chi connectivity index (χ0) is 18.8. The number of ether oxygens (including phenoxy) is 2. The van der Waals surface area contributed by atoms with Crippen molar-refractivity contribution in [2.45, 2.75) is 20.4 Å².